The highest BCUT2D eigenvalue weighted by Crippen LogP contribution is 2.35. The van der Waals surface area contributed by atoms with Crippen LogP contribution in [0.15, 0.2) is 17.1 Å². The molecule has 136 valence electrons. The van der Waals surface area contributed by atoms with Crippen molar-refractivity contribution >= 4 is 40.7 Å². The molecule has 0 unspecified atom stereocenters. The van der Waals surface area contributed by atoms with Crippen molar-refractivity contribution < 1.29 is 4.74 Å². The van der Waals surface area contributed by atoms with Crippen LogP contribution in [0.3, 0.4) is 0 Å². The summed E-state index contributed by atoms with van der Waals surface area (Å²) in [6.45, 7) is 8.56. The quantitative estimate of drug-likeness (QED) is 0.562. The standard InChI is InChI=1S/C17H28ClN3OS2/c1-4-19-16(21(3)12-14-6-7-15(18)24-14)20-13-17(23-5-2)8-10-22-11-9-17/h6-7H,4-5,8-13H2,1-3H3,(H,19,20). The van der Waals surface area contributed by atoms with Crippen molar-refractivity contribution in [2.75, 3.05) is 39.1 Å². The predicted octanol–water partition coefficient (Wildman–Crippen LogP) is 4.10. The lowest BCUT2D eigenvalue weighted by molar-refractivity contribution is 0.0793. The summed E-state index contributed by atoms with van der Waals surface area (Å²) in [5.41, 5.74) is 0. The van der Waals surface area contributed by atoms with E-state index < -0.39 is 0 Å². The normalized spacial score (nSPS) is 17.8. The Hall–Kier alpha value is -0.430. The number of hydrogen-bond acceptors (Lipinski definition) is 4. The van der Waals surface area contributed by atoms with E-state index in [-0.39, 0.29) is 4.75 Å². The zero-order valence-electron chi connectivity index (χ0n) is 14.8. The van der Waals surface area contributed by atoms with E-state index >= 15 is 0 Å². The van der Waals surface area contributed by atoms with Crippen LogP contribution in [0.1, 0.15) is 31.6 Å². The molecule has 4 nitrogen and oxygen atoms in total. The number of hydrogen-bond donors (Lipinski definition) is 1. The Labute approximate surface area is 159 Å². The Bertz CT molecular complexity index is 524. The van der Waals surface area contributed by atoms with E-state index in [4.69, 9.17) is 21.3 Å². The van der Waals surface area contributed by atoms with Gasteiger partial charge in [-0.25, -0.2) is 0 Å². The van der Waals surface area contributed by atoms with Gasteiger partial charge in [0.1, 0.15) is 0 Å². The van der Waals surface area contributed by atoms with Gasteiger partial charge in [0.25, 0.3) is 0 Å². The van der Waals surface area contributed by atoms with Crippen molar-refractivity contribution in [3.63, 3.8) is 0 Å². The van der Waals surface area contributed by atoms with E-state index in [2.05, 4.69) is 37.2 Å². The Morgan fingerprint density at radius 2 is 2.17 bits per heavy atom. The Morgan fingerprint density at radius 3 is 2.75 bits per heavy atom. The van der Waals surface area contributed by atoms with Crippen LogP contribution in [0.4, 0.5) is 0 Å². The van der Waals surface area contributed by atoms with Crippen LogP contribution in [-0.2, 0) is 11.3 Å². The first-order valence-electron chi connectivity index (χ1n) is 8.54. The molecule has 0 radical (unpaired) electrons. The third-order valence-corrected chi connectivity index (χ3v) is 6.74. The fraction of sp³-hybridized carbons (Fsp3) is 0.706. The minimum atomic E-state index is 0.223. The van der Waals surface area contributed by atoms with Gasteiger partial charge in [-0.3, -0.25) is 4.99 Å². The Morgan fingerprint density at radius 1 is 1.42 bits per heavy atom. The molecule has 0 aliphatic carbocycles. The maximum absolute atomic E-state index is 6.04. The van der Waals surface area contributed by atoms with Gasteiger partial charge in [0, 0.05) is 36.4 Å². The smallest absolute Gasteiger partial charge is 0.194 e. The zero-order valence-corrected chi connectivity index (χ0v) is 17.2. The predicted molar refractivity (Wildman–Crippen MR) is 108 cm³/mol. The SMILES string of the molecule is CCNC(=NCC1(SCC)CCOCC1)N(C)Cc1ccc(Cl)s1. The summed E-state index contributed by atoms with van der Waals surface area (Å²) in [6.07, 6.45) is 2.16. The lowest BCUT2D eigenvalue weighted by Crippen LogP contribution is -2.41. The average Bonchev–Trinajstić information content (AvgIpc) is 2.97. The molecule has 1 aromatic heterocycles. The number of ether oxygens (including phenoxy) is 1. The number of nitrogens with one attached hydrogen (secondary N) is 1. The van der Waals surface area contributed by atoms with Crippen molar-refractivity contribution in [2.45, 2.75) is 38.0 Å². The van der Waals surface area contributed by atoms with Gasteiger partial charge in [0.2, 0.25) is 0 Å². The molecule has 0 saturated carbocycles. The summed E-state index contributed by atoms with van der Waals surface area (Å²) in [4.78, 5) is 8.38. The second-order valence-corrected chi connectivity index (χ2v) is 9.49. The van der Waals surface area contributed by atoms with E-state index in [0.29, 0.717) is 0 Å². The summed E-state index contributed by atoms with van der Waals surface area (Å²) in [6, 6.07) is 4.04. The highest BCUT2D eigenvalue weighted by atomic mass is 35.5. The van der Waals surface area contributed by atoms with Crippen LogP contribution >= 0.6 is 34.7 Å². The number of halogens is 1. The van der Waals surface area contributed by atoms with Crippen molar-refractivity contribution in [3.8, 4) is 0 Å². The molecule has 1 aliphatic rings. The number of aliphatic imine (C=N–C) groups is 1. The van der Waals surface area contributed by atoms with E-state index in [0.717, 1.165) is 61.7 Å². The molecule has 1 N–H and O–H groups in total. The Balaban J connectivity index is 2.05. The highest BCUT2D eigenvalue weighted by molar-refractivity contribution is 8.00. The van der Waals surface area contributed by atoms with Crippen LogP contribution < -0.4 is 5.32 Å². The van der Waals surface area contributed by atoms with Gasteiger partial charge < -0.3 is 15.0 Å². The van der Waals surface area contributed by atoms with E-state index in [1.165, 1.54) is 4.88 Å². The van der Waals surface area contributed by atoms with Gasteiger partial charge in [-0.1, -0.05) is 18.5 Å². The fourth-order valence-corrected chi connectivity index (χ4v) is 5.20. The van der Waals surface area contributed by atoms with Crippen LogP contribution in [0.5, 0.6) is 0 Å². The molecule has 0 amide bonds. The first-order valence-corrected chi connectivity index (χ1v) is 10.7. The first-order chi connectivity index (χ1) is 11.6. The number of thioether (sulfide) groups is 1. The van der Waals surface area contributed by atoms with Crippen LogP contribution in [0, 0.1) is 0 Å². The van der Waals surface area contributed by atoms with Crippen molar-refractivity contribution in [3.05, 3.63) is 21.3 Å². The van der Waals surface area contributed by atoms with Gasteiger partial charge in [-0.05, 0) is 37.7 Å². The van der Waals surface area contributed by atoms with Gasteiger partial charge >= 0.3 is 0 Å². The molecule has 0 atom stereocenters. The molecule has 7 heteroatoms. The molecule has 24 heavy (non-hydrogen) atoms. The van der Waals surface area contributed by atoms with Crippen LogP contribution in [0.2, 0.25) is 4.34 Å². The summed E-state index contributed by atoms with van der Waals surface area (Å²) in [7, 11) is 2.08. The van der Waals surface area contributed by atoms with Crippen molar-refractivity contribution in [1.82, 2.24) is 10.2 Å². The summed E-state index contributed by atoms with van der Waals surface area (Å²) < 4.78 is 6.61. The average molecular weight is 390 g/mol. The molecule has 1 saturated heterocycles. The van der Waals surface area contributed by atoms with Gasteiger partial charge in [-0.15, -0.1) is 11.3 Å². The molecule has 0 bridgehead atoms. The largest absolute Gasteiger partial charge is 0.381 e. The number of nitrogens with zero attached hydrogens (tertiary/aromatic N) is 2. The minimum absolute atomic E-state index is 0.223. The maximum Gasteiger partial charge on any atom is 0.194 e. The molecule has 2 heterocycles. The summed E-state index contributed by atoms with van der Waals surface area (Å²) in [5.74, 6) is 2.08. The Kier molecular flexibility index (Phi) is 8.20. The molecule has 1 fully saturated rings. The highest BCUT2D eigenvalue weighted by Gasteiger charge is 2.32. The third kappa shape index (κ3) is 5.83. The maximum atomic E-state index is 6.04. The molecule has 1 aromatic rings. The lowest BCUT2D eigenvalue weighted by Gasteiger charge is -2.35. The van der Waals surface area contributed by atoms with Crippen molar-refractivity contribution in [2.24, 2.45) is 4.99 Å². The zero-order chi connectivity index (χ0) is 17.4. The van der Waals surface area contributed by atoms with Crippen LogP contribution in [0.25, 0.3) is 0 Å². The molecular weight excluding hydrogens is 362 g/mol. The van der Waals surface area contributed by atoms with E-state index in [1.54, 1.807) is 11.3 Å². The fourth-order valence-electron chi connectivity index (χ4n) is 2.83. The van der Waals surface area contributed by atoms with Gasteiger partial charge in [-0.2, -0.15) is 11.8 Å². The number of guanidine groups is 1. The second kappa shape index (κ2) is 9.90. The van der Waals surface area contributed by atoms with Crippen molar-refractivity contribution in [1.29, 1.82) is 0 Å². The number of thiophene rings is 1. The molecule has 0 aromatic carbocycles. The third-order valence-electron chi connectivity index (χ3n) is 4.09. The topological polar surface area (TPSA) is 36.9 Å². The summed E-state index contributed by atoms with van der Waals surface area (Å²) in [5, 5.41) is 3.42. The van der Waals surface area contributed by atoms with E-state index in [1.807, 2.05) is 17.8 Å². The molecule has 2 rings (SSSR count). The molecular formula is C17H28ClN3OS2. The lowest BCUT2D eigenvalue weighted by atomic mass is 9.99. The molecule has 0 spiro atoms. The van der Waals surface area contributed by atoms with E-state index in [9.17, 15) is 0 Å². The minimum Gasteiger partial charge on any atom is -0.381 e. The van der Waals surface area contributed by atoms with Gasteiger partial charge in [0.15, 0.2) is 5.96 Å². The number of rotatable bonds is 7. The monoisotopic (exact) mass is 389 g/mol. The van der Waals surface area contributed by atoms with Crippen LogP contribution in [-0.4, -0.2) is 54.7 Å². The summed E-state index contributed by atoms with van der Waals surface area (Å²) >= 11 is 9.70. The molecule has 1 aliphatic heterocycles. The first kappa shape index (κ1) is 19.9. The van der Waals surface area contributed by atoms with Gasteiger partial charge in [0.05, 0.1) is 17.4 Å². The second-order valence-electron chi connectivity index (χ2n) is 5.96.